The molecule has 4 amide bonds. The average Bonchev–Trinajstić information content (AvgIpc) is 3.27. The maximum atomic E-state index is 13.2. The van der Waals surface area contributed by atoms with Crippen molar-refractivity contribution in [1.29, 1.82) is 0 Å². The third-order valence-electron chi connectivity index (χ3n) is 7.39. The van der Waals surface area contributed by atoms with Gasteiger partial charge in [-0.25, -0.2) is 9.80 Å². The second kappa shape index (κ2) is 9.66. The summed E-state index contributed by atoms with van der Waals surface area (Å²) >= 11 is 0. The zero-order valence-electron chi connectivity index (χ0n) is 21.3. The van der Waals surface area contributed by atoms with Gasteiger partial charge in [0.25, 0.3) is 11.8 Å². The summed E-state index contributed by atoms with van der Waals surface area (Å²) in [7, 11) is 0. The number of hydrogen-bond acceptors (Lipinski definition) is 8. The van der Waals surface area contributed by atoms with Crippen molar-refractivity contribution in [2.75, 3.05) is 36.0 Å². The minimum Gasteiger partial charge on any atom is -0.373 e. The van der Waals surface area contributed by atoms with E-state index >= 15 is 0 Å². The summed E-state index contributed by atoms with van der Waals surface area (Å²) in [5, 5.41) is 0. The number of carbonyl (C=O) groups excluding carboxylic acids is 4. The van der Waals surface area contributed by atoms with Crippen LogP contribution in [0.2, 0.25) is 0 Å². The molecule has 0 radical (unpaired) electrons. The van der Waals surface area contributed by atoms with Gasteiger partial charge in [-0.1, -0.05) is 0 Å². The number of carbonyl (C=O) groups is 4. The van der Waals surface area contributed by atoms with E-state index in [9.17, 15) is 19.2 Å². The Kier molecular flexibility index (Phi) is 6.71. The van der Waals surface area contributed by atoms with Gasteiger partial charge in [-0.05, 0) is 52.0 Å². The van der Waals surface area contributed by atoms with Crippen LogP contribution in [-0.4, -0.2) is 96.1 Å². The van der Waals surface area contributed by atoms with Gasteiger partial charge in [-0.15, -0.1) is 0 Å². The number of anilines is 2. The Bertz CT molecular complexity index is 958. The fourth-order valence-electron chi connectivity index (χ4n) is 6.04. The molecule has 10 heteroatoms. The number of imide groups is 2. The fourth-order valence-corrected chi connectivity index (χ4v) is 6.04. The topological polar surface area (TPSA) is 99.7 Å². The molecule has 0 unspecified atom stereocenters. The van der Waals surface area contributed by atoms with Crippen LogP contribution in [0, 0.1) is 0 Å². The summed E-state index contributed by atoms with van der Waals surface area (Å²) in [6.45, 7) is 10.3. The van der Waals surface area contributed by atoms with Crippen LogP contribution in [0.25, 0.3) is 0 Å². The van der Waals surface area contributed by atoms with Gasteiger partial charge in [0.1, 0.15) is 0 Å². The monoisotopic (exact) mass is 498 g/mol. The van der Waals surface area contributed by atoms with Crippen LogP contribution in [-0.2, 0) is 28.7 Å². The smallest absolute Gasteiger partial charge is 0.251 e. The first-order chi connectivity index (χ1) is 17.1. The van der Waals surface area contributed by atoms with E-state index in [1.54, 1.807) is 24.3 Å². The Morgan fingerprint density at radius 2 is 0.889 bits per heavy atom. The SMILES string of the molecule is C[C@@H]1CN([C@H]2CC(=O)N(c3ccc(N4C(=O)C[C@@H](N5C[C@H](C)O[C@@H](C)C5)C4=O)cc3)C2=O)C[C@H](C)O1. The molecule has 6 atom stereocenters. The highest BCUT2D eigenvalue weighted by Gasteiger charge is 2.46. The number of ether oxygens (including phenoxy) is 2. The molecule has 0 N–H and O–H groups in total. The summed E-state index contributed by atoms with van der Waals surface area (Å²) in [4.78, 5) is 58.6. The first kappa shape index (κ1) is 25.0. The van der Waals surface area contributed by atoms with Crippen LogP contribution in [0.1, 0.15) is 40.5 Å². The lowest BCUT2D eigenvalue weighted by Crippen LogP contribution is -2.52. The normalized spacial score (nSPS) is 34.8. The molecular formula is C26H34N4O6. The third kappa shape index (κ3) is 4.58. The molecule has 0 aromatic heterocycles. The molecule has 4 aliphatic heterocycles. The van der Waals surface area contributed by atoms with Gasteiger partial charge in [-0.2, -0.15) is 0 Å². The zero-order chi connectivity index (χ0) is 25.7. The second-order valence-corrected chi connectivity index (χ2v) is 10.5. The maximum absolute atomic E-state index is 13.2. The fraction of sp³-hybridized carbons (Fsp3) is 0.615. The van der Waals surface area contributed by atoms with Crippen molar-refractivity contribution in [1.82, 2.24) is 9.80 Å². The summed E-state index contributed by atoms with van der Waals surface area (Å²) in [5.41, 5.74) is 0.883. The predicted octanol–water partition coefficient (Wildman–Crippen LogP) is 1.17. The van der Waals surface area contributed by atoms with Crippen LogP contribution >= 0.6 is 0 Å². The molecular weight excluding hydrogens is 464 g/mol. The van der Waals surface area contributed by atoms with E-state index in [-0.39, 0.29) is 60.9 Å². The number of amides is 4. The summed E-state index contributed by atoms with van der Waals surface area (Å²) in [6, 6.07) is 5.50. The highest BCUT2D eigenvalue weighted by molar-refractivity contribution is 6.24. The van der Waals surface area contributed by atoms with E-state index in [0.717, 1.165) is 0 Å². The van der Waals surface area contributed by atoms with Crippen LogP contribution in [0.15, 0.2) is 24.3 Å². The third-order valence-corrected chi connectivity index (χ3v) is 7.39. The van der Waals surface area contributed by atoms with Crippen molar-refractivity contribution < 1.29 is 28.7 Å². The molecule has 10 nitrogen and oxygen atoms in total. The number of morpholine rings is 2. The van der Waals surface area contributed by atoms with Gasteiger partial charge in [0.05, 0.1) is 60.7 Å². The molecule has 0 aliphatic carbocycles. The number of benzene rings is 1. The molecule has 0 bridgehead atoms. The van der Waals surface area contributed by atoms with Crippen molar-refractivity contribution in [2.24, 2.45) is 0 Å². The van der Waals surface area contributed by atoms with Gasteiger partial charge in [0.2, 0.25) is 11.8 Å². The van der Waals surface area contributed by atoms with Crippen molar-refractivity contribution in [3.8, 4) is 0 Å². The average molecular weight is 499 g/mol. The van der Waals surface area contributed by atoms with E-state index in [1.165, 1.54) is 9.80 Å². The molecule has 0 spiro atoms. The van der Waals surface area contributed by atoms with E-state index in [1.807, 2.05) is 37.5 Å². The summed E-state index contributed by atoms with van der Waals surface area (Å²) in [5.74, 6) is -1.02. The molecule has 4 aliphatic rings. The number of rotatable bonds is 4. The van der Waals surface area contributed by atoms with Gasteiger partial charge in [-0.3, -0.25) is 29.0 Å². The standard InChI is InChI=1S/C26H34N4O6/c1-15-11-27(12-16(2)35-15)21-9-23(31)29(25(21)33)19-5-7-20(8-6-19)30-24(32)10-22(26(30)34)28-13-17(3)36-18(4)14-28/h5-8,15-18,21-22H,9-14H2,1-4H3/t15-,16-,17-,18+,21+,22-/m0/s1. The van der Waals surface area contributed by atoms with Crippen LogP contribution in [0.4, 0.5) is 11.4 Å². The molecule has 4 heterocycles. The molecule has 4 saturated heterocycles. The van der Waals surface area contributed by atoms with E-state index < -0.39 is 12.1 Å². The first-order valence-electron chi connectivity index (χ1n) is 12.7. The van der Waals surface area contributed by atoms with Crippen molar-refractivity contribution >= 4 is 35.0 Å². The van der Waals surface area contributed by atoms with Gasteiger partial charge >= 0.3 is 0 Å². The van der Waals surface area contributed by atoms with E-state index in [0.29, 0.717) is 37.6 Å². The molecule has 1 aromatic carbocycles. The molecule has 5 rings (SSSR count). The van der Waals surface area contributed by atoms with Gasteiger partial charge in [0, 0.05) is 26.2 Å². The van der Waals surface area contributed by atoms with E-state index in [2.05, 4.69) is 0 Å². The zero-order valence-corrected chi connectivity index (χ0v) is 21.3. The first-order valence-corrected chi connectivity index (χ1v) is 12.7. The number of nitrogens with zero attached hydrogens (tertiary/aromatic N) is 4. The Labute approximate surface area is 211 Å². The number of hydrogen-bond donors (Lipinski definition) is 0. The molecule has 1 aromatic rings. The lowest BCUT2D eigenvalue weighted by molar-refractivity contribution is -0.128. The van der Waals surface area contributed by atoms with Gasteiger partial charge in [0.15, 0.2) is 0 Å². The molecule has 36 heavy (non-hydrogen) atoms. The molecule has 4 fully saturated rings. The Balaban J connectivity index is 1.30. The highest BCUT2D eigenvalue weighted by atomic mass is 16.5. The summed E-state index contributed by atoms with van der Waals surface area (Å²) in [6.07, 6.45) is 0.227. The van der Waals surface area contributed by atoms with Crippen molar-refractivity contribution in [3.05, 3.63) is 24.3 Å². The van der Waals surface area contributed by atoms with Crippen LogP contribution in [0.3, 0.4) is 0 Å². The van der Waals surface area contributed by atoms with Gasteiger partial charge < -0.3 is 9.47 Å². The largest absolute Gasteiger partial charge is 0.373 e. The Hall–Kier alpha value is -2.66. The summed E-state index contributed by atoms with van der Waals surface area (Å²) < 4.78 is 11.5. The predicted molar refractivity (Wildman–Crippen MR) is 131 cm³/mol. The van der Waals surface area contributed by atoms with Crippen molar-refractivity contribution in [2.45, 2.75) is 77.0 Å². The minimum absolute atomic E-state index is 0.00627. The Morgan fingerprint density at radius 3 is 1.19 bits per heavy atom. The second-order valence-electron chi connectivity index (χ2n) is 10.5. The van der Waals surface area contributed by atoms with Crippen molar-refractivity contribution in [3.63, 3.8) is 0 Å². The lowest BCUT2D eigenvalue weighted by Gasteiger charge is -2.37. The van der Waals surface area contributed by atoms with Crippen LogP contribution < -0.4 is 9.80 Å². The quantitative estimate of drug-likeness (QED) is 0.571. The molecule has 194 valence electrons. The van der Waals surface area contributed by atoms with E-state index in [4.69, 9.17) is 9.47 Å². The lowest BCUT2D eigenvalue weighted by atomic mass is 10.1. The van der Waals surface area contributed by atoms with Crippen LogP contribution in [0.5, 0.6) is 0 Å². The minimum atomic E-state index is -0.508. The maximum Gasteiger partial charge on any atom is 0.251 e. The highest BCUT2D eigenvalue weighted by Crippen LogP contribution is 2.32. The molecule has 0 saturated carbocycles. The Morgan fingerprint density at radius 1 is 0.583 bits per heavy atom.